The number of nitrogens with zero attached hydrogens (tertiary/aromatic N) is 1. The van der Waals surface area contributed by atoms with Crippen LogP contribution in [-0.4, -0.2) is 12.1 Å². The molecule has 1 aromatic heterocycles. The van der Waals surface area contributed by atoms with E-state index in [0.29, 0.717) is 6.07 Å². The number of hydrogen-bond donors (Lipinski definition) is 0. The summed E-state index contributed by atoms with van der Waals surface area (Å²) in [6.07, 6.45) is -7.83. The van der Waals surface area contributed by atoms with Crippen LogP contribution < -0.4 is 4.74 Å². The van der Waals surface area contributed by atoms with Crippen molar-refractivity contribution in [1.29, 1.82) is 0 Å². The van der Waals surface area contributed by atoms with Gasteiger partial charge in [-0.05, 0) is 22.0 Å². The standard InChI is InChI=1S/C8H5BrF5NO/c1-16-7-3(6(10)11)2-4(5(9)15-7)8(12,13)14/h2,6H,1H3. The Morgan fingerprint density at radius 3 is 2.31 bits per heavy atom. The molecule has 16 heavy (non-hydrogen) atoms. The van der Waals surface area contributed by atoms with Crippen LogP contribution in [0.5, 0.6) is 5.88 Å². The summed E-state index contributed by atoms with van der Waals surface area (Å²) in [5.74, 6) is -0.533. The third kappa shape index (κ3) is 2.60. The lowest BCUT2D eigenvalue weighted by Crippen LogP contribution is -2.09. The largest absolute Gasteiger partial charge is 0.481 e. The second-order valence-corrected chi connectivity index (χ2v) is 3.47. The SMILES string of the molecule is COc1nc(Br)c(C(F)(F)F)cc1C(F)F. The van der Waals surface area contributed by atoms with E-state index in [9.17, 15) is 22.0 Å². The van der Waals surface area contributed by atoms with Crippen LogP contribution in [0, 0.1) is 0 Å². The highest BCUT2D eigenvalue weighted by molar-refractivity contribution is 9.10. The minimum atomic E-state index is -4.75. The number of aromatic nitrogens is 1. The van der Waals surface area contributed by atoms with E-state index in [-0.39, 0.29) is 0 Å². The first kappa shape index (κ1) is 13.1. The van der Waals surface area contributed by atoms with Crippen molar-refractivity contribution in [3.8, 4) is 5.88 Å². The highest BCUT2D eigenvalue weighted by Gasteiger charge is 2.36. The Balaban J connectivity index is 3.39. The van der Waals surface area contributed by atoms with Crippen LogP contribution in [0.15, 0.2) is 10.7 Å². The van der Waals surface area contributed by atoms with Gasteiger partial charge in [0.15, 0.2) is 0 Å². The average Bonchev–Trinajstić information content (AvgIpc) is 2.14. The molecule has 90 valence electrons. The fourth-order valence-corrected chi connectivity index (χ4v) is 1.51. The Morgan fingerprint density at radius 2 is 1.94 bits per heavy atom. The van der Waals surface area contributed by atoms with E-state index in [1.165, 1.54) is 0 Å². The molecule has 0 unspecified atom stereocenters. The first-order chi connectivity index (χ1) is 7.27. The maximum atomic E-state index is 12.4. The summed E-state index contributed by atoms with van der Waals surface area (Å²) < 4.78 is 65.8. The zero-order valence-corrected chi connectivity index (χ0v) is 9.36. The fraction of sp³-hybridized carbons (Fsp3) is 0.375. The Hall–Kier alpha value is -0.920. The summed E-state index contributed by atoms with van der Waals surface area (Å²) in [6, 6.07) is 0.320. The number of hydrogen-bond acceptors (Lipinski definition) is 2. The molecule has 0 amide bonds. The lowest BCUT2D eigenvalue weighted by Gasteiger charge is -2.13. The van der Waals surface area contributed by atoms with E-state index in [4.69, 9.17) is 0 Å². The van der Waals surface area contributed by atoms with Crippen molar-refractivity contribution in [1.82, 2.24) is 4.98 Å². The molecule has 1 aromatic rings. The van der Waals surface area contributed by atoms with Gasteiger partial charge in [0, 0.05) is 0 Å². The van der Waals surface area contributed by atoms with Crippen LogP contribution in [-0.2, 0) is 6.18 Å². The molecule has 0 radical (unpaired) electrons. The van der Waals surface area contributed by atoms with Gasteiger partial charge in [-0.1, -0.05) is 0 Å². The van der Waals surface area contributed by atoms with Gasteiger partial charge in [-0.15, -0.1) is 0 Å². The molecule has 0 saturated carbocycles. The topological polar surface area (TPSA) is 22.1 Å². The maximum absolute atomic E-state index is 12.4. The fourth-order valence-electron chi connectivity index (χ4n) is 1.01. The summed E-state index contributed by atoms with van der Waals surface area (Å²) >= 11 is 2.55. The molecule has 1 rings (SSSR count). The molecule has 0 aliphatic heterocycles. The van der Waals surface area contributed by atoms with Crippen molar-refractivity contribution in [3.05, 3.63) is 21.8 Å². The van der Waals surface area contributed by atoms with Crippen molar-refractivity contribution >= 4 is 15.9 Å². The first-order valence-corrected chi connectivity index (χ1v) is 4.66. The van der Waals surface area contributed by atoms with E-state index in [2.05, 4.69) is 25.7 Å². The van der Waals surface area contributed by atoms with Crippen molar-refractivity contribution in [2.45, 2.75) is 12.6 Å². The molecular weight excluding hydrogens is 301 g/mol. The van der Waals surface area contributed by atoms with E-state index in [1.807, 2.05) is 0 Å². The molecule has 8 heteroatoms. The van der Waals surface area contributed by atoms with Crippen LogP contribution in [0.4, 0.5) is 22.0 Å². The smallest absolute Gasteiger partial charge is 0.419 e. The van der Waals surface area contributed by atoms with Crippen molar-refractivity contribution < 1.29 is 26.7 Å². The van der Waals surface area contributed by atoms with Gasteiger partial charge in [0.05, 0.1) is 18.2 Å². The van der Waals surface area contributed by atoms with Gasteiger partial charge in [0.2, 0.25) is 5.88 Å². The zero-order chi connectivity index (χ0) is 12.5. The average molecular weight is 306 g/mol. The second-order valence-electron chi connectivity index (χ2n) is 2.72. The van der Waals surface area contributed by atoms with Gasteiger partial charge >= 0.3 is 6.18 Å². The normalized spacial score (nSPS) is 12.0. The number of alkyl halides is 5. The predicted octanol–water partition coefficient (Wildman–Crippen LogP) is 3.81. The van der Waals surface area contributed by atoms with Gasteiger partial charge in [-0.3, -0.25) is 0 Å². The van der Waals surface area contributed by atoms with Crippen molar-refractivity contribution in [2.24, 2.45) is 0 Å². The zero-order valence-electron chi connectivity index (χ0n) is 7.78. The van der Waals surface area contributed by atoms with E-state index in [1.54, 1.807) is 0 Å². The summed E-state index contributed by atoms with van der Waals surface area (Å²) in [5.41, 5.74) is -2.15. The van der Waals surface area contributed by atoms with Gasteiger partial charge < -0.3 is 4.74 Å². The summed E-state index contributed by atoms with van der Waals surface area (Å²) in [6.45, 7) is 0. The second kappa shape index (κ2) is 4.52. The van der Waals surface area contributed by atoms with Crippen molar-refractivity contribution in [2.75, 3.05) is 7.11 Å². The number of pyridine rings is 1. The van der Waals surface area contributed by atoms with Crippen LogP contribution in [0.25, 0.3) is 0 Å². The van der Waals surface area contributed by atoms with Gasteiger partial charge in [-0.2, -0.15) is 13.2 Å². The van der Waals surface area contributed by atoms with E-state index in [0.717, 1.165) is 7.11 Å². The molecular formula is C8H5BrF5NO. The Kier molecular flexibility index (Phi) is 3.72. The highest BCUT2D eigenvalue weighted by Crippen LogP contribution is 2.38. The Bertz CT molecular complexity index is 393. The Labute approximate surface area is 95.6 Å². The van der Waals surface area contributed by atoms with Gasteiger partial charge in [0.25, 0.3) is 6.43 Å². The molecule has 0 aliphatic carbocycles. The van der Waals surface area contributed by atoms with Crippen LogP contribution >= 0.6 is 15.9 Å². The van der Waals surface area contributed by atoms with Crippen LogP contribution in [0.2, 0.25) is 0 Å². The Morgan fingerprint density at radius 1 is 1.38 bits per heavy atom. The minimum Gasteiger partial charge on any atom is -0.481 e. The molecule has 0 aliphatic rings. The number of ether oxygens (including phenoxy) is 1. The maximum Gasteiger partial charge on any atom is 0.419 e. The van der Waals surface area contributed by atoms with Crippen LogP contribution in [0.1, 0.15) is 17.6 Å². The van der Waals surface area contributed by atoms with Gasteiger partial charge in [-0.25, -0.2) is 13.8 Å². The molecule has 0 spiro atoms. The summed E-state index contributed by atoms with van der Waals surface area (Å²) in [7, 11) is 1.05. The van der Waals surface area contributed by atoms with Gasteiger partial charge in [0.1, 0.15) is 4.60 Å². The number of methoxy groups -OCH3 is 1. The lowest BCUT2D eigenvalue weighted by molar-refractivity contribution is -0.138. The monoisotopic (exact) mass is 305 g/mol. The third-order valence-electron chi connectivity index (χ3n) is 1.70. The quantitative estimate of drug-likeness (QED) is 0.612. The van der Waals surface area contributed by atoms with E-state index < -0.39 is 34.2 Å². The number of halogens is 6. The highest BCUT2D eigenvalue weighted by atomic mass is 79.9. The lowest BCUT2D eigenvalue weighted by atomic mass is 10.2. The molecule has 0 fully saturated rings. The summed E-state index contributed by atoms with van der Waals surface area (Å²) in [4.78, 5) is 3.27. The molecule has 0 N–H and O–H groups in total. The molecule has 0 atom stereocenters. The molecule has 1 heterocycles. The molecule has 0 bridgehead atoms. The third-order valence-corrected chi connectivity index (χ3v) is 2.31. The molecule has 0 aromatic carbocycles. The first-order valence-electron chi connectivity index (χ1n) is 3.87. The summed E-state index contributed by atoms with van der Waals surface area (Å²) in [5, 5.41) is 0. The molecule has 0 saturated heterocycles. The minimum absolute atomic E-state index is 0.320. The van der Waals surface area contributed by atoms with Crippen molar-refractivity contribution in [3.63, 3.8) is 0 Å². The van der Waals surface area contributed by atoms with Crippen LogP contribution in [0.3, 0.4) is 0 Å². The number of rotatable bonds is 2. The predicted molar refractivity (Wildman–Crippen MR) is 48.4 cm³/mol. The van der Waals surface area contributed by atoms with E-state index >= 15 is 0 Å². The molecule has 2 nitrogen and oxygen atoms in total.